The van der Waals surface area contributed by atoms with Crippen molar-refractivity contribution in [3.63, 3.8) is 0 Å². The molecule has 0 radical (unpaired) electrons. The highest BCUT2D eigenvalue weighted by molar-refractivity contribution is 5.46. The van der Waals surface area contributed by atoms with E-state index in [2.05, 4.69) is 15.1 Å². The first kappa shape index (κ1) is 14.6. The second-order valence-corrected chi connectivity index (χ2v) is 5.36. The van der Waals surface area contributed by atoms with Crippen molar-refractivity contribution in [3.8, 4) is 11.6 Å². The number of hydrogen-bond donors (Lipinski definition) is 1. The fraction of sp³-hybridized carbons (Fsp3) is 0.500. The van der Waals surface area contributed by atoms with Crippen LogP contribution in [0, 0.1) is 6.92 Å². The summed E-state index contributed by atoms with van der Waals surface area (Å²) in [6.45, 7) is 7.95. The zero-order chi connectivity index (χ0) is 14.8. The average molecular weight is 276 g/mol. The molecule has 20 heavy (non-hydrogen) atoms. The Balaban J connectivity index is 2.20. The van der Waals surface area contributed by atoms with E-state index in [0.717, 1.165) is 5.69 Å². The fourth-order valence-electron chi connectivity index (χ4n) is 1.63. The van der Waals surface area contributed by atoms with Gasteiger partial charge in [0, 0.05) is 5.69 Å². The third kappa shape index (κ3) is 3.40. The Hall–Kier alpha value is -1.79. The minimum atomic E-state index is -0.796. The highest BCUT2D eigenvalue weighted by Gasteiger charge is 2.28. The summed E-state index contributed by atoms with van der Waals surface area (Å²) < 4.78 is 10.8. The quantitative estimate of drug-likeness (QED) is 0.899. The van der Waals surface area contributed by atoms with Crippen molar-refractivity contribution in [3.05, 3.63) is 29.7 Å². The van der Waals surface area contributed by atoms with Crippen LogP contribution >= 0.6 is 0 Å². The molecular weight excluding hydrogens is 256 g/mol. The van der Waals surface area contributed by atoms with Gasteiger partial charge in [0.05, 0.1) is 12.7 Å². The average Bonchev–Trinajstić information content (AvgIpc) is 2.87. The monoisotopic (exact) mass is 276 g/mol. The minimum absolute atomic E-state index is 0.0997. The molecule has 2 aromatic heterocycles. The molecule has 108 valence electrons. The Bertz CT molecular complexity index is 578. The third-order valence-corrected chi connectivity index (χ3v) is 2.76. The Labute approximate surface area is 118 Å². The van der Waals surface area contributed by atoms with Gasteiger partial charge < -0.3 is 15.0 Å². The van der Waals surface area contributed by atoms with Crippen LogP contribution in [0.1, 0.15) is 32.3 Å². The lowest BCUT2D eigenvalue weighted by Gasteiger charge is -2.21. The van der Waals surface area contributed by atoms with E-state index >= 15 is 0 Å². The van der Waals surface area contributed by atoms with E-state index in [1.54, 1.807) is 0 Å². The van der Waals surface area contributed by atoms with Crippen LogP contribution in [0.2, 0.25) is 0 Å². The van der Waals surface area contributed by atoms with Gasteiger partial charge in [-0.05, 0) is 39.8 Å². The molecule has 0 aliphatic heterocycles. The van der Waals surface area contributed by atoms with Gasteiger partial charge >= 0.3 is 0 Å². The van der Waals surface area contributed by atoms with Gasteiger partial charge in [0.15, 0.2) is 5.82 Å². The molecule has 0 fully saturated rings. The summed E-state index contributed by atoms with van der Waals surface area (Å²) in [7, 11) is 0. The lowest BCUT2D eigenvalue weighted by molar-refractivity contribution is 0.0410. The number of aryl methyl sites for hydroxylation is 1. The van der Waals surface area contributed by atoms with Crippen LogP contribution in [-0.2, 0) is 10.3 Å². The van der Waals surface area contributed by atoms with Crippen molar-refractivity contribution >= 4 is 0 Å². The maximum atomic E-state index is 6.18. The van der Waals surface area contributed by atoms with E-state index in [4.69, 9.17) is 15.0 Å². The second kappa shape index (κ2) is 5.68. The number of nitrogens with two attached hydrogens (primary N) is 1. The first-order valence-corrected chi connectivity index (χ1v) is 6.57. The SMILES string of the molecule is Cc1cccc(-c2nc(C(C)(N)COC(C)C)no2)n1. The maximum Gasteiger partial charge on any atom is 0.276 e. The summed E-state index contributed by atoms with van der Waals surface area (Å²) in [5.41, 5.74) is 6.91. The van der Waals surface area contributed by atoms with E-state index < -0.39 is 5.54 Å². The second-order valence-electron chi connectivity index (χ2n) is 5.36. The standard InChI is InChI=1S/C14H20N4O2/c1-9(2)19-8-14(4,15)13-17-12(20-18-13)11-7-5-6-10(3)16-11/h5-7,9H,8,15H2,1-4H3. The molecule has 2 aromatic rings. The van der Waals surface area contributed by atoms with Gasteiger partial charge in [-0.25, -0.2) is 4.98 Å². The van der Waals surface area contributed by atoms with Crippen LogP contribution in [0.4, 0.5) is 0 Å². The van der Waals surface area contributed by atoms with E-state index in [0.29, 0.717) is 24.0 Å². The molecule has 0 aliphatic rings. The molecule has 6 heteroatoms. The summed E-state index contributed by atoms with van der Waals surface area (Å²) in [6.07, 6.45) is 0.0997. The molecular formula is C14H20N4O2. The molecule has 0 aliphatic carbocycles. The van der Waals surface area contributed by atoms with Crippen molar-refractivity contribution in [2.45, 2.75) is 39.3 Å². The van der Waals surface area contributed by atoms with E-state index in [1.165, 1.54) is 0 Å². The lowest BCUT2D eigenvalue weighted by Crippen LogP contribution is -2.40. The van der Waals surface area contributed by atoms with Crippen LogP contribution in [0.5, 0.6) is 0 Å². The molecule has 0 amide bonds. The minimum Gasteiger partial charge on any atom is -0.376 e. The summed E-state index contributed by atoms with van der Waals surface area (Å²) in [4.78, 5) is 8.67. The predicted molar refractivity (Wildman–Crippen MR) is 74.9 cm³/mol. The normalized spacial score (nSPS) is 14.5. The smallest absolute Gasteiger partial charge is 0.276 e. The van der Waals surface area contributed by atoms with Gasteiger partial charge in [0.2, 0.25) is 0 Å². The van der Waals surface area contributed by atoms with Crippen molar-refractivity contribution < 1.29 is 9.26 Å². The van der Waals surface area contributed by atoms with E-state index in [1.807, 2.05) is 45.9 Å². The Kier molecular flexibility index (Phi) is 4.15. The molecule has 0 bridgehead atoms. The largest absolute Gasteiger partial charge is 0.376 e. The fourth-order valence-corrected chi connectivity index (χ4v) is 1.63. The summed E-state index contributed by atoms with van der Waals surface area (Å²) in [6, 6.07) is 5.62. The topological polar surface area (TPSA) is 87.1 Å². The Morgan fingerprint density at radius 2 is 2.10 bits per heavy atom. The number of hydrogen-bond acceptors (Lipinski definition) is 6. The van der Waals surface area contributed by atoms with Gasteiger partial charge in [-0.3, -0.25) is 0 Å². The zero-order valence-corrected chi connectivity index (χ0v) is 12.3. The van der Waals surface area contributed by atoms with Crippen molar-refractivity contribution in [2.24, 2.45) is 5.73 Å². The number of pyridine rings is 1. The molecule has 0 spiro atoms. The van der Waals surface area contributed by atoms with Crippen LogP contribution in [0.15, 0.2) is 22.7 Å². The lowest BCUT2D eigenvalue weighted by atomic mass is 10.1. The summed E-state index contributed by atoms with van der Waals surface area (Å²) in [5, 5.41) is 3.94. The molecule has 0 saturated carbocycles. The van der Waals surface area contributed by atoms with Crippen LogP contribution in [-0.4, -0.2) is 27.8 Å². The molecule has 1 unspecified atom stereocenters. The van der Waals surface area contributed by atoms with Gasteiger partial charge in [0.1, 0.15) is 11.2 Å². The van der Waals surface area contributed by atoms with Gasteiger partial charge in [-0.15, -0.1) is 0 Å². The molecule has 0 saturated heterocycles. The van der Waals surface area contributed by atoms with Gasteiger partial charge in [-0.1, -0.05) is 11.2 Å². The van der Waals surface area contributed by atoms with Crippen molar-refractivity contribution in [1.82, 2.24) is 15.1 Å². The highest BCUT2D eigenvalue weighted by Crippen LogP contribution is 2.20. The summed E-state index contributed by atoms with van der Waals surface area (Å²) in [5.74, 6) is 0.779. The molecule has 1 atom stereocenters. The van der Waals surface area contributed by atoms with Gasteiger partial charge in [0.25, 0.3) is 5.89 Å². The first-order chi connectivity index (χ1) is 9.38. The number of aromatic nitrogens is 3. The third-order valence-electron chi connectivity index (χ3n) is 2.76. The Morgan fingerprint density at radius 1 is 1.35 bits per heavy atom. The van der Waals surface area contributed by atoms with Crippen LogP contribution in [0.3, 0.4) is 0 Å². The number of nitrogens with zero attached hydrogens (tertiary/aromatic N) is 3. The Morgan fingerprint density at radius 3 is 2.75 bits per heavy atom. The van der Waals surface area contributed by atoms with Crippen LogP contribution in [0.25, 0.3) is 11.6 Å². The molecule has 6 nitrogen and oxygen atoms in total. The molecule has 2 rings (SSSR count). The molecule has 2 N–H and O–H groups in total. The highest BCUT2D eigenvalue weighted by atomic mass is 16.5. The molecule has 0 aromatic carbocycles. The van der Waals surface area contributed by atoms with E-state index in [-0.39, 0.29) is 6.10 Å². The number of rotatable bonds is 5. The number of ether oxygens (including phenoxy) is 1. The maximum absolute atomic E-state index is 6.18. The zero-order valence-electron chi connectivity index (χ0n) is 12.3. The van der Waals surface area contributed by atoms with Crippen molar-refractivity contribution in [2.75, 3.05) is 6.61 Å². The first-order valence-electron chi connectivity index (χ1n) is 6.57. The predicted octanol–water partition coefficient (Wildman–Crippen LogP) is 2.04. The van der Waals surface area contributed by atoms with Crippen LogP contribution < -0.4 is 5.73 Å². The van der Waals surface area contributed by atoms with Crippen molar-refractivity contribution in [1.29, 1.82) is 0 Å². The summed E-state index contributed by atoms with van der Waals surface area (Å²) >= 11 is 0. The van der Waals surface area contributed by atoms with E-state index in [9.17, 15) is 0 Å². The van der Waals surface area contributed by atoms with Gasteiger partial charge in [-0.2, -0.15) is 4.98 Å². The molecule has 2 heterocycles.